The van der Waals surface area contributed by atoms with Gasteiger partial charge in [0.25, 0.3) is 0 Å². The zero-order chi connectivity index (χ0) is 15.7. The van der Waals surface area contributed by atoms with Gasteiger partial charge in [0.15, 0.2) is 5.78 Å². The van der Waals surface area contributed by atoms with Gasteiger partial charge < -0.3 is 10.2 Å². The Labute approximate surface area is 127 Å². The summed E-state index contributed by atoms with van der Waals surface area (Å²) in [6, 6.07) is 12.1. The number of para-hydroxylation sites is 1. The minimum absolute atomic E-state index is 0.0571. The highest BCUT2D eigenvalue weighted by molar-refractivity contribution is 6.02. The molecule has 0 bridgehead atoms. The summed E-state index contributed by atoms with van der Waals surface area (Å²) in [7, 11) is 0. The fourth-order valence-corrected chi connectivity index (χ4v) is 2.68. The first-order valence-corrected chi connectivity index (χ1v) is 6.94. The first-order chi connectivity index (χ1) is 10.6. The maximum atomic E-state index is 12.5. The number of phenolic OH excluding ortho intramolecular Hbond substituents is 2. The normalized spacial score (nSPS) is 10.8. The summed E-state index contributed by atoms with van der Waals surface area (Å²) in [5.74, 6) is -0.456. The molecule has 0 aliphatic carbocycles. The molecule has 3 rings (SSSR count). The van der Waals surface area contributed by atoms with Gasteiger partial charge in [-0.25, -0.2) is 0 Å². The van der Waals surface area contributed by atoms with Gasteiger partial charge in [0, 0.05) is 24.1 Å². The van der Waals surface area contributed by atoms with E-state index in [2.05, 4.69) is 4.98 Å². The molecule has 0 saturated carbocycles. The van der Waals surface area contributed by atoms with Crippen molar-refractivity contribution >= 4 is 16.7 Å². The van der Waals surface area contributed by atoms with E-state index < -0.39 is 0 Å². The predicted molar refractivity (Wildman–Crippen MR) is 84.3 cm³/mol. The number of fused-ring (bicyclic) bond motifs is 1. The highest BCUT2D eigenvalue weighted by atomic mass is 16.3. The number of carbonyl (C=O) groups excluding carboxylic acids is 1. The standard InChI is InChI=1S/C18H15NO3/c1-11-8-14(20)10-16(22)17(11)15(21)9-13-5-2-4-12-6-3-7-19-18(12)13/h2-8,10,20,22H,9H2,1H3. The summed E-state index contributed by atoms with van der Waals surface area (Å²) in [6.45, 7) is 1.69. The number of aryl methyl sites for hydroxylation is 1. The van der Waals surface area contributed by atoms with Crippen LogP contribution in [0.4, 0.5) is 0 Å². The van der Waals surface area contributed by atoms with Crippen molar-refractivity contribution in [3.63, 3.8) is 0 Å². The monoisotopic (exact) mass is 293 g/mol. The number of hydrogen-bond donors (Lipinski definition) is 2. The Morgan fingerprint density at radius 2 is 1.91 bits per heavy atom. The van der Waals surface area contributed by atoms with Crippen molar-refractivity contribution in [2.75, 3.05) is 0 Å². The number of ketones is 1. The van der Waals surface area contributed by atoms with Crippen molar-refractivity contribution in [2.45, 2.75) is 13.3 Å². The van der Waals surface area contributed by atoms with Crippen molar-refractivity contribution < 1.29 is 15.0 Å². The lowest BCUT2D eigenvalue weighted by Gasteiger charge is -2.09. The number of aromatic hydroxyl groups is 2. The molecular formula is C18H15NO3. The van der Waals surface area contributed by atoms with E-state index in [9.17, 15) is 15.0 Å². The quantitative estimate of drug-likeness (QED) is 0.726. The Kier molecular flexibility index (Phi) is 3.51. The zero-order valence-electron chi connectivity index (χ0n) is 12.1. The number of Topliss-reactive ketones (excluding diaryl/α,β-unsaturated/α-hetero) is 1. The lowest BCUT2D eigenvalue weighted by Crippen LogP contribution is -2.07. The third-order valence-corrected chi connectivity index (χ3v) is 3.65. The van der Waals surface area contributed by atoms with Crippen molar-refractivity contribution in [1.29, 1.82) is 0 Å². The maximum Gasteiger partial charge on any atom is 0.171 e. The van der Waals surface area contributed by atoms with Gasteiger partial charge in [-0.1, -0.05) is 24.3 Å². The smallest absolute Gasteiger partial charge is 0.171 e. The second-order valence-corrected chi connectivity index (χ2v) is 5.25. The lowest BCUT2D eigenvalue weighted by atomic mass is 9.96. The van der Waals surface area contributed by atoms with E-state index in [0.29, 0.717) is 5.56 Å². The number of phenols is 2. The Hall–Kier alpha value is -2.88. The van der Waals surface area contributed by atoms with Gasteiger partial charge in [0.1, 0.15) is 11.5 Å². The topological polar surface area (TPSA) is 70.4 Å². The first-order valence-electron chi connectivity index (χ1n) is 6.94. The fourth-order valence-electron chi connectivity index (χ4n) is 2.68. The van der Waals surface area contributed by atoms with Crippen molar-refractivity contribution in [2.24, 2.45) is 0 Å². The highest BCUT2D eigenvalue weighted by Crippen LogP contribution is 2.28. The molecule has 0 atom stereocenters. The Balaban J connectivity index is 2.01. The van der Waals surface area contributed by atoms with Gasteiger partial charge in [0.2, 0.25) is 0 Å². The van der Waals surface area contributed by atoms with E-state index in [-0.39, 0.29) is 29.3 Å². The van der Waals surface area contributed by atoms with Crippen LogP contribution in [0.1, 0.15) is 21.5 Å². The molecule has 0 fully saturated rings. The van der Waals surface area contributed by atoms with E-state index >= 15 is 0 Å². The number of benzene rings is 2. The Morgan fingerprint density at radius 1 is 1.14 bits per heavy atom. The van der Waals surface area contributed by atoms with Crippen molar-refractivity contribution in [3.05, 3.63) is 65.4 Å². The summed E-state index contributed by atoms with van der Waals surface area (Å²) in [5.41, 5.74) is 2.39. The van der Waals surface area contributed by atoms with Gasteiger partial charge in [-0.15, -0.1) is 0 Å². The Morgan fingerprint density at radius 3 is 2.68 bits per heavy atom. The summed E-state index contributed by atoms with van der Waals surface area (Å²) in [4.78, 5) is 16.9. The van der Waals surface area contributed by atoms with Gasteiger partial charge in [-0.05, 0) is 30.2 Å². The van der Waals surface area contributed by atoms with Crippen LogP contribution in [-0.2, 0) is 6.42 Å². The SMILES string of the molecule is Cc1cc(O)cc(O)c1C(=O)Cc1cccc2cccnc12. The maximum absolute atomic E-state index is 12.5. The average Bonchev–Trinajstić information content (AvgIpc) is 2.46. The summed E-state index contributed by atoms with van der Waals surface area (Å²) in [5, 5.41) is 20.4. The highest BCUT2D eigenvalue weighted by Gasteiger charge is 2.17. The largest absolute Gasteiger partial charge is 0.508 e. The number of hydrogen-bond acceptors (Lipinski definition) is 4. The first kappa shape index (κ1) is 14.1. The molecule has 0 aliphatic rings. The van der Waals surface area contributed by atoms with Crippen molar-refractivity contribution in [1.82, 2.24) is 4.98 Å². The van der Waals surface area contributed by atoms with E-state index in [0.717, 1.165) is 16.5 Å². The molecule has 4 heteroatoms. The molecule has 0 amide bonds. The second-order valence-electron chi connectivity index (χ2n) is 5.25. The van der Waals surface area contributed by atoms with Crippen LogP contribution in [0.15, 0.2) is 48.7 Å². The van der Waals surface area contributed by atoms with Crippen molar-refractivity contribution in [3.8, 4) is 11.5 Å². The van der Waals surface area contributed by atoms with Crippen LogP contribution in [0, 0.1) is 6.92 Å². The van der Waals surface area contributed by atoms with E-state index in [1.165, 1.54) is 12.1 Å². The third kappa shape index (κ3) is 2.51. The number of carbonyl (C=O) groups is 1. The number of nitrogens with zero attached hydrogens (tertiary/aromatic N) is 1. The number of aromatic nitrogens is 1. The van der Waals surface area contributed by atoms with E-state index in [1.54, 1.807) is 13.1 Å². The van der Waals surface area contributed by atoms with Gasteiger partial charge in [-0.3, -0.25) is 9.78 Å². The molecule has 1 aromatic heterocycles. The molecule has 0 spiro atoms. The van der Waals surface area contributed by atoms with Crippen LogP contribution >= 0.6 is 0 Å². The third-order valence-electron chi connectivity index (χ3n) is 3.65. The minimum atomic E-state index is -0.201. The van der Waals surface area contributed by atoms with Crippen LogP contribution in [0.2, 0.25) is 0 Å². The number of rotatable bonds is 3. The molecule has 3 aromatic rings. The van der Waals surface area contributed by atoms with Gasteiger partial charge in [-0.2, -0.15) is 0 Å². The molecule has 2 N–H and O–H groups in total. The summed E-state index contributed by atoms with van der Waals surface area (Å²) < 4.78 is 0. The van der Waals surface area contributed by atoms with E-state index in [1.807, 2.05) is 30.3 Å². The molecule has 0 unspecified atom stereocenters. The molecule has 0 radical (unpaired) electrons. The second kappa shape index (κ2) is 5.48. The van der Waals surface area contributed by atoms with Gasteiger partial charge in [0.05, 0.1) is 11.1 Å². The molecule has 0 saturated heterocycles. The lowest BCUT2D eigenvalue weighted by molar-refractivity contribution is 0.0990. The zero-order valence-corrected chi connectivity index (χ0v) is 12.1. The van der Waals surface area contributed by atoms with Crippen LogP contribution in [-0.4, -0.2) is 21.0 Å². The summed E-state index contributed by atoms with van der Waals surface area (Å²) >= 11 is 0. The molecule has 1 heterocycles. The van der Waals surface area contributed by atoms with Crippen LogP contribution in [0.25, 0.3) is 10.9 Å². The molecule has 110 valence electrons. The van der Waals surface area contributed by atoms with Crippen LogP contribution in [0.5, 0.6) is 11.5 Å². The predicted octanol–water partition coefficient (Wildman–Crippen LogP) is 3.38. The summed E-state index contributed by atoms with van der Waals surface area (Å²) in [6.07, 6.45) is 1.84. The van der Waals surface area contributed by atoms with E-state index in [4.69, 9.17) is 0 Å². The van der Waals surface area contributed by atoms with Crippen LogP contribution in [0.3, 0.4) is 0 Å². The molecule has 0 aliphatic heterocycles. The molecule has 2 aromatic carbocycles. The molecule has 4 nitrogen and oxygen atoms in total. The fraction of sp³-hybridized carbons (Fsp3) is 0.111. The molecule has 22 heavy (non-hydrogen) atoms. The molecular weight excluding hydrogens is 278 g/mol. The van der Waals surface area contributed by atoms with Gasteiger partial charge >= 0.3 is 0 Å². The Bertz CT molecular complexity index is 843. The van der Waals surface area contributed by atoms with Crippen LogP contribution < -0.4 is 0 Å². The number of pyridine rings is 1. The minimum Gasteiger partial charge on any atom is -0.508 e. The average molecular weight is 293 g/mol.